The number of ether oxygens (including phenoxy) is 1. The lowest BCUT2D eigenvalue weighted by molar-refractivity contribution is -0.123. The molecule has 1 aliphatic heterocycles. The van der Waals surface area contributed by atoms with Crippen molar-refractivity contribution in [1.29, 1.82) is 0 Å². The van der Waals surface area contributed by atoms with E-state index in [9.17, 15) is 18.4 Å². The molecule has 3 N–H and O–H groups in total. The van der Waals surface area contributed by atoms with Crippen LogP contribution in [-0.2, 0) is 4.79 Å². The van der Waals surface area contributed by atoms with Gasteiger partial charge >= 0.3 is 6.03 Å². The molecule has 1 fully saturated rings. The number of thiophene rings is 1. The van der Waals surface area contributed by atoms with Crippen LogP contribution in [0.25, 0.3) is 0 Å². The molecule has 27 heavy (non-hydrogen) atoms. The summed E-state index contributed by atoms with van der Waals surface area (Å²) in [7, 11) is 1.30. The molecule has 0 spiro atoms. The molecule has 10 heteroatoms. The van der Waals surface area contributed by atoms with Crippen molar-refractivity contribution in [2.75, 3.05) is 19.0 Å². The Morgan fingerprint density at radius 1 is 1.33 bits per heavy atom. The summed E-state index contributed by atoms with van der Waals surface area (Å²) in [5.74, 6) is -2.84. The van der Waals surface area contributed by atoms with Crippen molar-refractivity contribution >= 4 is 40.6 Å². The molecule has 2 heterocycles. The molecule has 0 aliphatic carbocycles. The Morgan fingerprint density at radius 3 is 2.63 bits per heavy atom. The topological polar surface area (TPSA) is 79.5 Å². The molecular formula is C17H16ClF2N3O3S. The monoisotopic (exact) mass is 415 g/mol. The van der Waals surface area contributed by atoms with Crippen LogP contribution in [0, 0.1) is 11.6 Å². The number of urea groups is 1. The van der Waals surface area contributed by atoms with Crippen molar-refractivity contribution in [3.63, 3.8) is 0 Å². The van der Waals surface area contributed by atoms with Crippen LogP contribution < -0.4 is 20.7 Å². The van der Waals surface area contributed by atoms with Gasteiger partial charge in [0, 0.05) is 42.0 Å². The number of hydrogen-bond donors (Lipinski definition) is 3. The molecular weight excluding hydrogens is 400 g/mol. The third-order valence-corrected chi connectivity index (χ3v) is 5.30. The SMILES string of the molecule is COc1cc(F)c([C@@H]2CC(=O)NC[C@H]2NC(=O)Nc2csc(Cl)c2)c(F)c1. The van der Waals surface area contributed by atoms with Gasteiger partial charge in [-0.05, 0) is 6.07 Å². The van der Waals surface area contributed by atoms with Crippen LogP contribution in [-0.4, -0.2) is 31.6 Å². The second kappa shape index (κ2) is 8.10. The highest BCUT2D eigenvalue weighted by Gasteiger charge is 2.35. The smallest absolute Gasteiger partial charge is 0.319 e. The zero-order chi connectivity index (χ0) is 19.6. The number of hydrogen-bond acceptors (Lipinski definition) is 4. The Morgan fingerprint density at radius 2 is 2.04 bits per heavy atom. The van der Waals surface area contributed by atoms with Gasteiger partial charge < -0.3 is 20.7 Å². The lowest BCUT2D eigenvalue weighted by Crippen LogP contribution is -2.53. The van der Waals surface area contributed by atoms with E-state index in [1.807, 2.05) is 0 Å². The van der Waals surface area contributed by atoms with Crippen molar-refractivity contribution in [3.8, 4) is 5.75 Å². The van der Waals surface area contributed by atoms with E-state index < -0.39 is 29.6 Å². The van der Waals surface area contributed by atoms with E-state index in [-0.39, 0.29) is 30.2 Å². The molecule has 1 aromatic carbocycles. The number of piperidine rings is 1. The van der Waals surface area contributed by atoms with Crippen molar-refractivity contribution < 1.29 is 23.1 Å². The summed E-state index contributed by atoms with van der Waals surface area (Å²) >= 11 is 7.07. The van der Waals surface area contributed by atoms with E-state index in [2.05, 4.69) is 16.0 Å². The first-order chi connectivity index (χ1) is 12.9. The summed E-state index contributed by atoms with van der Waals surface area (Å²) in [5.41, 5.74) is 0.246. The first-order valence-corrected chi connectivity index (χ1v) is 9.24. The second-order valence-corrected chi connectivity index (χ2v) is 7.51. The Labute approximate surface area is 162 Å². The normalized spacial score (nSPS) is 19.3. The number of halogens is 3. The number of nitrogens with one attached hydrogen (secondary N) is 3. The largest absolute Gasteiger partial charge is 0.497 e. The molecule has 1 aromatic heterocycles. The molecule has 0 unspecified atom stereocenters. The fourth-order valence-corrected chi connectivity index (χ4v) is 3.79. The standard InChI is InChI=1S/C17H16ClF2N3O3S/c1-26-9-3-11(19)16(12(20)4-9)10-5-15(24)21-6-13(10)23-17(25)22-8-2-14(18)27-7-8/h2-4,7,10,13H,5-6H2,1H3,(H,21,24)(H2,22,23,25)/t10-,13-/m1/s1. The van der Waals surface area contributed by atoms with Crippen LogP contribution in [0.1, 0.15) is 17.9 Å². The molecule has 1 aliphatic rings. The average Bonchev–Trinajstić information content (AvgIpc) is 3.01. The number of rotatable bonds is 4. The molecule has 2 atom stereocenters. The van der Waals surface area contributed by atoms with Crippen molar-refractivity contribution in [2.24, 2.45) is 0 Å². The number of benzene rings is 1. The van der Waals surface area contributed by atoms with E-state index in [0.717, 1.165) is 12.1 Å². The summed E-state index contributed by atoms with van der Waals surface area (Å²) in [6.07, 6.45) is -0.157. The number of carbonyl (C=O) groups excluding carboxylic acids is 2. The zero-order valence-electron chi connectivity index (χ0n) is 14.1. The number of anilines is 1. The number of carbonyl (C=O) groups is 2. The fourth-order valence-electron chi connectivity index (χ4n) is 2.98. The third-order valence-electron chi connectivity index (χ3n) is 4.21. The van der Waals surface area contributed by atoms with Gasteiger partial charge in [-0.1, -0.05) is 11.6 Å². The number of amides is 3. The maximum Gasteiger partial charge on any atom is 0.319 e. The minimum atomic E-state index is -0.860. The summed E-state index contributed by atoms with van der Waals surface area (Å²) < 4.78 is 34.3. The highest BCUT2D eigenvalue weighted by atomic mass is 35.5. The van der Waals surface area contributed by atoms with Crippen molar-refractivity contribution in [3.05, 3.63) is 45.1 Å². The fraction of sp³-hybridized carbons (Fsp3) is 0.294. The molecule has 0 bridgehead atoms. The first-order valence-electron chi connectivity index (χ1n) is 7.98. The van der Waals surface area contributed by atoms with Crippen LogP contribution in [0.5, 0.6) is 5.75 Å². The van der Waals surface area contributed by atoms with E-state index in [4.69, 9.17) is 16.3 Å². The highest BCUT2D eigenvalue weighted by molar-refractivity contribution is 7.14. The molecule has 0 saturated carbocycles. The van der Waals surface area contributed by atoms with Gasteiger partial charge in [0.25, 0.3) is 0 Å². The zero-order valence-corrected chi connectivity index (χ0v) is 15.7. The lowest BCUT2D eigenvalue weighted by atomic mass is 9.85. The van der Waals surface area contributed by atoms with Gasteiger partial charge in [-0.3, -0.25) is 4.79 Å². The Bertz CT molecular complexity index is 854. The molecule has 144 valence electrons. The molecule has 2 aromatic rings. The van der Waals surface area contributed by atoms with E-state index in [1.165, 1.54) is 18.4 Å². The Balaban J connectivity index is 1.81. The summed E-state index contributed by atoms with van der Waals surface area (Å²) in [6, 6.07) is 2.42. The van der Waals surface area contributed by atoms with Crippen LogP contribution in [0.2, 0.25) is 4.34 Å². The van der Waals surface area contributed by atoms with Gasteiger partial charge in [0.15, 0.2) is 0 Å². The summed E-state index contributed by atoms with van der Waals surface area (Å²) in [5, 5.41) is 9.51. The molecule has 3 rings (SSSR count). The van der Waals surface area contributed by atoms with Gasteiger partial charge in [-0.25, -0.2) is 13.6 Å². The minimum absolute atomic E-state index is 0.0330. The van der Waals surface area contributed by atoms with Gasteiger partial charge in [0.05, 0.1) is 23.2 Å². The quantitative estimate of drug-likeness (QED) is 0.715. The lowest BCUT2D eigenvalue weighted by Gasteiger charge is -2.33. The first kappa shape index (κ1) is 19.4. The Hall–Kier alpha value is -2.39. The molecule has 1 saturated heterocycles. The predicted octanol–water partition coefficient (Wildman–Crippen LogP) is 3.48. The maximum absolute atomic E-state index is 14.5. The van der Waals surface area contributed by atoms with Crippen molar-refractivity contribution in [2.45, 2.75) is 18.4 Å². The van der Waals surface area contributed by atoms with Gasteiger partial charge in [-0.15, -0.1) is 11.3 Å². The third kappa shape index (κ3) is 4.48. The predicted molar refractivity (Wildman–Crippen MR) is 98.5 cm³/mol. The molecule has 3 amide bonds. The van der Waals surface area contributed by atoms with E-state index in [0.29, 0.717) is 10.0 Å². The summed E-state index contributed by atoms with van der Waals surface area (Å²) in [6.45, 7) is 0.0478. The van der Waals surface area contributed by atoms with Crippen LogP contribution >= 0.6 is 22.9 Å². The Kier molecular flexibility index (Phi) is 5.81. The maximum atomic E-state index is 14.5. The van der Waals surface area contributed by atoms with Crippen LogP contribution in [0.15, 0.2) is 23.6 Å². The van der Waals surface area contributed by atoms with Crippen molar-refractivity contribution in [1.82, 2.24) is 10.6 Å². The second-order valence-electron chi connectivity index (χ2n) is 5.96. The summed E-state index contributed by atoms with van der Waals surface area (Å²) in [4.78, 5) is 24.0. The highest BCUT2D eigenvalue weighted by Crippen LogP contribution is 2.33. The number of methoxy groups -OCH3 is 1. The molecule has 0 radical (unpaired) electrons. The minimum Gasteiger partial charge on any atom is -0.497 e. The van der Waals surface area contributed by atoms with Gasteiger partial charge in [-0.2, -0.15) is 0 Å². The molecule has 6 nitrogen and oxygen atoms in total. The van der Waals surface area contributed by atoms with Crippen LogP contribution in [0.3, 0.4) is 0 Å². The van der Waals surface area contributed by atoms with Crippen LogP contribution in [0.4, 0.5) is 19.3 Å². The average molecular weight is 416 g/mol. The van der Waals surface area contributed by atoms with E-state index in [1.54, 1.807) is 11.4 Å². The van der Waals surface area contributed by atoms with E-state index >= 15 is 0 Å². The van der Waals surface area contributed by atoms with Gasteiger partial charge in [0.2, 0.25) is 5.91 Å². The van der Waals surface area contributed by atoms with Gasteiger partial charge in [0.1, 0.15) is 17.4 Å².